The van der Waals surface area contributed by atoms with Gasteiger partial charge in [-0.2, -0.15) is 0 Å². The van der Waals surface area contributed by atoms with Gasteiger partial charge in [0.1, 0.15) is 5.72 Å². The van der Waals surface area contributed by atoms with E-state index in [2.05, 4.69) is 24.0 Å². The van der Waals surface area contributed by atoms with Crippen LogP contribution in [0.2, 0.25) is 0 Å². The molecular weight excluding hydrogens is 250 g/mol. The number of ketones is 1. The summed E-state index contributed by atoms with van der Waals surface area (Å²) in [5.41, 5.74) is 0.536. The monoisotopic (exact) mass is 277 g/mol. The first-order valence-corrected chi connectivity index (χ1v) is 8.03. The van der Waals surface area contributed by atoms with Crippen molar-refractivity contribution < 1.29 is 9.53 Å². The molecule has 1 aliphatic heterocycles. The number of Topliss-reactive ketones (excluding diaryl/α,β-unsaturated/α-hetero) is 1. The van der Waals surface area contributed by atoms with E-state index in [0.29, 0.717) is 6.42 Å². The Kier molecular flexibility index (Phi) is 5.55. The molecule has 3 heteroatoms. The van der Waals surface area contributed by atoms with Crippen LogP contribution in [0.5, 0.6) is 0 Å². The van der Waals surface area contributed by atoms with Crippen LogP contribution in [0.25, 0.3) is 0 Å². The topological polar surface area (TPSA) is 29.5 Å². The number of hydrogen-bond acceptors (Lipinski definition) is 3. The van der Waals surface area contributed by atoms with Gasteiger partial charge in [0, 0.05) is 38.1 Å². The number of ether oxygens (including phenoxy) is 1. The van der Waals surface area contributed by atoms with E-state index in [-0.39, 0.29) is 11.5 Å². The fraction of sp³-hybridized carbons (Fsp3) is 0.706. The van der Waals surface area contributed by atoms with Gasteiger partial charge < -0.3 is 4.74 Å². The molecule has 20 heavy (non-hydrogen) atoms. The predicted molar refractivity (Wildman–Crippen MR) is 81.5 cm³/mol. The summed E-state index contributed by atoms with van der Waals surface area (Å²) in [5.74, 6) is 0.226. The molecular formula is C17H27NO2. The Hall–Kier alpha value is -0.930. The fourth-order valence-electron chi connectivity index (χ4n) is 3.01. The van der Waals surface area contributed by atoms with E-state index in [0.717, 1.165) is 38.1 Å². The molecule has 112 valence electrons. The van der Waals surface area contributed by atoms with Crippen LogP contribution in [0.1, 0.15) is 52.4 Å². The van der Waals surface area contributed by atoms with Gasteiger partial charge in [0.05, 0.1) is 0 Å². The zero-order valence-corrected chi connectivity index (χ0v) is 12.9. The maximum Gasteiger partial charge on any atom is 0.162 e. The zero-order chi connectivity index (χ0) is 14.4. The highest BCUT2D eigenvalue weighted by molar-refractivity contribution is 5.98. The van der Waals surface area contributed by atoms with Gasteiger partial charge in [-0.3, -0.25) is 9.69 Å². The van der Waals surface area contributed by atoms with Gasteiger partial charge in [-0.05, 0) is 25.3 Å². The Morgan fingerprint density at radius 3 is 2.60 bits per heavy atom. The maximum atomic E-state index is 11.8. The summed E-state index contributed by atoms with van der Waals surface area (Å²) >= 11 is 0. The van der Waals surface area contributed by atoms with Crippen molar-refractivity contribution in [3.8, 4) is 0 Å². The molecule has 1 saturated heterocycles. The number of likely N-dealkylation sites (tertiary alicyclic amines) is 1. The third-order valence-electron chi connectivity index (χ3n) is 4.23. The van der Waals surface area contributed by atoms with Crippen molar-refractivity contribution in [2.75, 3.05) is 19.7 Å². The lowest BCUT2D eigenvalue weighted by molar-refractivity contribution is -0.127. The van der Waals surface area contributed by atoms with Crippen LogP contribution in [0.3, 0.4) is 0 Å². The van der Waals surface area contributed by atoms with E-state index in [1.807, 2.05) is 13.0 Å². The van der Waals surface area contributed by atoms with Crippen molar-refractivity contribution in [3.63, 3.8) is 0 Å². The standard InChI is InChI=1S/C17H27NO2/c1-3-14-20-17(18-12-6-5-7-13-18)10-8-15(9-11-17)16(19)4-2/h8-10H,3-7,11-14H2,1-2H3. The van der Waals surface area contributed by atoms with E-state index in [1.54, 1.807) is 0 Å². The molecule has 0 radical (unpaired) electrons. The highest BCUT2D eigenvalue weighted by Gasteiger charge is 2.36. The molecule has 1 atom stereocenters. The van der Waals surface area contributed by atoms with Crippen LogP contribution in [0.15, 0.2) is 23.8 Å². The second-order valence-electron chi connectivity index (χ2n) is 5.71. The Bertz CT molecular complexity index is 394. The Morgan fingerprint density at radius 1 is 1.30 bits per heavy atom. The van der Waals surface area contributed by atoms with Crippen molar-refractivity contribution in [3.05, 3.63) is 23.8 Å². The molecule has 0 aromatic rings. The number of nitrogens with zero attached hydrogens (tertiary/aromatic N) is 1. The Labute approximate surface area is 122 Å². The summed E-state index contributed by atoms with van der Waals surface area (Å²) in [5, 5.41) is 0. The van der Waals surface area contributed by atoms with E-state index in [4.69, 9.17) is 4.74 Å². The zero-order valence-electron chi connectivity index (χ0n) is 12.9. The summed E-state index contributed by atoms with van der Waals surface area (Å²) in [4.78, 5) is 14.2. The van der Waals surface area contributed by atoms with Crippen LogP contribution in [0, 0.1) is 0 Å². The number of carbonyl (C=O) groups is 1. The van der Waals surface area contributed by atoms with Crippen molar-refractivity contribution in [1.82, 2.24) is 4.90 Å². The lowest BCUT2D eigenvalue weighted by Crippen LogP contribution is -2.52. The Morgan fingerprint density at radius 2 is 2.05 bits per heavy atom. The second kappa shape index (κ2) is 7.19. The summed E-state index contributed by atoms with van der Waals surface area (Å²) < 4.78 is 6.20. The SMILES string of the molecule is CCCOC1(N2CCCCC2)C=CC(C(=O)CC)=CC1. The third kappa shape index (κ3) is 3.39. The summed E-state index contributed by atoms with van der Waals surface area (Å²) in [6.07, 6.45) is 12.4. The van der Waals surface area contributed by atoms with Crippen LogP contribution in [0.4, 0.5) is 0 Å². The minimum atomic E-state index is -0.312. The summed E-state index contributed by atoms with van der Waals surface area (Å²) in [6.45, 7) is 7.01. The van der Waals surface area contributed by atoms with Gasteiger partial charge in [0.15, 0.2) is 5.78 Å². The highest BCUT2D eigenvalue weighted by atomic mass is 16.5. The number of hydrogen-bond donors (Lipinski definition) is 0. The van der Waals surface area contributed by atoms with E-state index in [9.17, 15) is 4.79 Å². The first-order chi connectivity index (χ1) is 9.72. The Balaban J connectivity index is 2.12. The molecule has 0 spiro atoms. The van der Waals surface area contributed by atoms with Gasteiger partial charge >= 0.3 is 0 Å². The molecule has 3 nitrogen and oxygen atoms in total. The van der Waals surface area contributed by atoms with E-state index in [1.165, 1.54) is 19.3 Å². The molecule has 0 saturated carbocycles. The average Bonchev–Trinajstić information content (AvgIpc) is 2.53. The number of piperidine rings is 1. The van der Waals surface area contributed by atoms with Crippen molar-refractivity contribution in [2.24, 2.45) is 0 Å². The molecule has 1 fully saturated rings. The van der Waals surface area contributed by atoms with Crippen molar-refractivity contribution >= 4 is 5.78 Å². The van der Waals surface area contributed by atoms with Gasteiger partial charge in [-0.25, -0.2) is 0 Å². The molecule has 0 bridgehead atoms. The molecule has 0 amide bonds. The fourth-order valence-corrected chi connectivity index (χ4v) is 3.01. The smallest absolute Gasteiger partial charge is 0.162 e. The van der Waals surface area contributed by atoms with E-state index < -0.39 is 0 Å². The minimum Gasteiger partial charge on any atom is -0.356 e. The molecule has 0 aromatic heterocycles. The molecule has 0 N–H and O–H groups in total. The molecule has 2 rings (SSSR count). The third-order valence-corrected chi connectivity index (χ3v) is 4.23. The summed E-state index contributed by atoms with van der Waals surface area (Å²) in [6, 6.07) is 0. The molecule has 0 aromatic carbocycles. The largest absolute Gasteiger partial charge is 0.356 e. The minimum absolute atomic E-state index is 0.226. The van der Waals surface area contributed by atoms with Gasteiger partial charge in [-0.1, -0.05) is 32.4 Å². The van der Waals surface area contributed by atoms with Crippen LogP contribution >= 0.6 is 0 Å². The van der Waals surface area contributed by atoms with Crippen LogP contribution in [-0.2, 0) is 9.53 Å². The maximum absolute atomic E-state index is 11.8. The molecule has 1 unspecified atom stereocenters. The normalized spacial score (nSPS) is 27.4. The summed E-state index contributed by atoms with van der Waals surface area (Å²) in [7, 11) is 0. The van der Waals surface area contributed by atoms with Crippen molar-refractivity contribution in [2.45, 2.75) is 58.1 Å². The van der Waals surface area contributed by atoms with Gasteiger partial charge in [0.2, 0.25) is 0 Å². The van der Waals surface area contributed by atoms with E-state index >= 15 is 0 Å². The molecule has 1 aliphatic carbocycles. The first kappa shape index (κ1) is 15.5. The lowest BCUT2D eigenvalue weighted by atomic mass is 9.93. The number of rotatable bonds is 6. The number of allylic oxidation sites excluding steroid dienone is 2. The molecule has 1 heterocycles. The van der Waals surface area contributed by atoms with Gasteiger partial charge in [0.25, 0.3) is 0 Å². The number of carbonyl (C=O) groups excluding carboxylic acids is 1. The quantitative estimate of drug-likeness (QED) is 0.744. The first-order valence-electron chi connectivity index (χ1n) is 8.03. The molecule has 2 aliphatic rings. The average molecular weight is 277 g/mol. The predicted octanol–water partition coefficient (Wildman–Crippen LogP) is 3.46. The highest BCUT2D eigenvalue weighted by Crippen LogP contribution is 2.32. The van der Waals surface area contributed by atoms with Crippen LogP contribution in [-0.4, -0.2) is 36.1 Å². The van der Waals surface area contributed by atoms with Gasteiger partial charge in [-0.15, -0.1) is 0 Å². The second-order valence-corrected chi connectivity index (χ2v) is 5.71. The van der Waals surface area contributed by atoms with Crippen LogP contribution < -0.4 is 0 Å². The lowest BCUT2D eigenvalue weighted by Gasteiger charge is -2.44. The van der Waals surface area contributed by atoms with Crippen molar-refractivity contribution in [1.29, 1.82) is 0 Å².